The fraction of sp³-hybridized carbons (Fsp3) is 0. The Hall–Kier alpha value is -1.50. The standard InChI is InChI=1S/C4H2N4O2S/c9-3(10)2-7-8-1-5-6-4(8)11-2/h1H,(H,9,10). The van der Waals surface area contributed by atoms with Gasteiger partial charge in [-0.15, -0.1) is 15.3 Å². The zero-order valence-electron chi connectivity index (χ0n) is 5.13. The van der Waals surface area contributed by atoms with Crippen LogP contribution < -0.4 is 0 Å². The average Bonchev–Trinajstić information content (AvgIpc) is 2.40. The number of carboxylic acid groups (broad SMARTS) is 1. The molecular formula is C4H2N4O2S. The molecule has 0 aliphatic carbocycles. The van der Waals surface area contributed by atoms with Crippen LogP contribution in [-0.4, -0.2) is 30.9 Å². The van der Waals surface area contributed by atoms with Gasteiger partial charge in [-0.25, -0.2) is 4.79 Å². The highest BCUT2D eigenvalue weighted by Crippen LogP contribution is 2.10. The van der Waals surface area contributed by atoms with Crippen molar-refractivity contribution in [3.8, 4) is 0 Å². The van der Waals surface area contributed by atoms with Crippen molar-refractivity contribution < 1.29 is 9.90 Å². The average molecular weight is 170 g/mol. The summed E-state index contributed by atoms with van der Waals surface area (Å²) in [5.74, 6) is -1.04. The van der Waals surface area contributed by atoms with Gasteiger partial charge in [-0.2, -0.15) is 4.52 Å². The van der Waals surface area contributed by atoms with E-state index in [0.717, 1.165) is 11.3 Å². The largest absolute Gasteiger partial charge is 0.476 e. The third-order valence-electron chi connectivity index (χ3n) is 1.07. The maximum Gasteiger partial charge on any atom is 0.367 e. The summed E-state index contributed by atoms with van der Waals surface area (Å²) < 4.78 is 1.33. The molecule has 6 nitrogen and oxygen atoms in total. The van der Waals surface area contributed by atoms with Gasteiger partial charge >= 0.3 is 5.97 Å². The van der Waals surface area contributed by atoms with E-state index in [-0.39, 0.29) is 5.01 Å². The molecule has 2 aromatic rings. The Morgan fingerprint density at radius 1 is 1.73 bits per heavy atom. The van der Waals surface area contributed by atoms with Crippen molar-refractivity contribution in [1.29, 1.82) is 0 Å². The van der Waals surface area contributed by atoms with Crippen LogP contribution in [-0.2, 0) is 0 Å². The Morgan fingerprint density at radius 3 is 3.18 bits per heavy atom. The topological polar surface area (TPSA) is 80.4 Å². The number of nitrogens with zero attached hydrogens (tertiary/aromatic N) is 4. The molecule has 11 heavy (non-hydrogen) atoms. The zero-order valence-corrected chi connectivity index (χ0v) is 5.95. The number of carbonyl (C=O) groups is 1. The minimum atomic E-state index is -1.04. The first kappa shape index (κ1) is 6.23. The predicted molar refractivity (Wildman–Crippen MR) is 35.6 cm³/mol. The summed E-state index contributed by atoms with van der Waals surface area (Å²) in [6.07, 6.45) is 1.36. The Labute approximate surface area is 64.1 Å². The lowest BCUT2D eigenvalue weighted by Gasteiger charge is -1.77. The molecule has 0 radical (unpaired) electrons. The molecule has 0 saturated carbocycles. The van der Waals surface area contributed by atoms with Crippen molar-refractivity contribution in [3.63, 3.8) is 0 Å². The molecular weight excluding hydrogens is 168 g/mol. The Balaban J connectivity index is 2.67. The first-order chi connectivity index (χ1) is 5.27. The maximum absolute atomic E-state index is 10.4. The van der Waals surface area contributed by atoms with E-state index in [4.69, 9.17) is 5.11 Å². The molecule has 0 atom stereocenters. The zero-order chi connectivity index (χ0) is 7.84. The monoisotopic (exact) mass is 170 g/mol. The second-order valence-corrected chi connectivity index (χ2v) is 2.73. The highest BCUT2D eigenvalue weighted by atomic mass is 32.1. The van der Waals surface area contributed by atoms with Crippen LogP contribution in [0.3, 0.4) is 0 Å². The predicted octanol–water partition coefficient (Wildman–Crippen LogP) is -0.116. The van der Waals surface area contributed by atoms with Crippen molar-refractivity contribution in [3.05, 3.63) is 11.3 Å². The van der Waals surface area contributed by atoms with E-state index in [0.29, 0.717) is 4.96 Å². The smallest absolute Gasteiger partial charge is 0.367 e. The molecule has 1 N–H and O–H groups in total. The number of hydrogen-bond acceptors (Lipinski definition) is 5. The number of hydrogen-bond donors (Lipinski definition) is 1. The lowest BCUT2D eigenvalue weighted by Crippen LogP contribution is -1.95. The van der Waals surface area contributed by atoms with Gasteiger partial charge in [0.05, 0.1) is 0 Å². The molecule has 2 aromatic heterocycles. The van der Waals surface area contributed by atoms with Crippen molar-refractivity contribution in [2.24, 2.45) is 0 Å². The fourth-order valence-corrected chi connectivity index (χ4v) is 1.30. The minimum absolute atomic E-state index is 0.0231. The van der Waals surface area contributed by atoms with Crippen LogP contribution >= 0.6 is 11.3 Å². The summed E-state index contributed by atoms with van der Waals surface area (Å²) in [7, 11) is 0. The lowest BCUT2D eigenvalue weighted by molar-refractivity contribution is 0.0695. The molecule has 0 amide bonds. The second kappa shape index (κ2) is 1.99. The van der Waals surface area contributed by atoms with Gasteiger partial charge in [-0.1, -0.05) is 11.3 Å². The first-order valence-corrected chi connectivity index (χ1v) is 3.49. The lowest BCUT2D eigenvalue weighted by atomic mass is 10.7. The van der Waals surface area contributed by atoms with Crippen molar-refractivity contribution in [1.82, 2.24) is 19.8 Å². The quantitative estimate of drug-likeness (QED) is 0.645. The van der Waals surface area contributed by atoms with E-state index < -0.39 is 5.97 Å². The van der Waals surface area contributed by atoms with Gasteiger partial charge in [0, 0.05) is 0 Å². The fourth-order valence-electron chi connectivity index (χ4n) is 0.646. The van der Waals surface area contributed by atoms with E-state index in [9.17, 15) is 4.79 Å². The van der Waals surface area contributed by atoms with Gasteiger partial charge in [-0.05, 0) is 0 Å². The Morgan fingerprint density at radius 2 is 2.55 bits per heavy atom. The summed E-state index contributed by atoms with van der Waals surface area (Å²) in [5, 5.41) is 19.4. The Kier molecular flexibility index (Phi) is 1.13. The highest BCUT2D eigenvalue weighted by molar-refractivity contribution is 7.18. The number of aromatic nitrogens is 4. The van der Waals surface area contributed by atoms with Gasteiger partial charge < -0.3 is 5.11 Å². The van der Waals surface area contributed by atoms with E-state index in [1.165, 1.54) is 10.8 Å². The molecule has 0 aliphatic heterocycles. The molecule has 0 spiro atoms. The van der Waals surface area contributed by atoms with Crippen LogP contribution in [0.4, 0.5) is 0 Å². The second-order valence-electron chi connectivity index (χ2n) is 1.77. The van der Waals surface area contributed by atoms with E-state index in [1.807, 2.05) is 0 Å². The first-order valence-electron chi connectivity index (χ1n) is 2.67. The van der Waals surface area contributed by atoms with E-state index in [1.54, 1.807) is 0 Å². The van der Waals surface area contributed by atoms with Crippen LogP contribution in [0.25, 0.3) is 4.96 Å². The van der Waals surface area contributed by atoms with Crippen LogP contribution in [0.15, 0.2) is 6.33 Å². The van der Waals surface area contributed by atoms with Crippen LogP contribution in [0.1, 0.15) is 9.80 Å². The summed E-state index contributed by atoms with van der Waals surface area (Å²) in [6.45, 7) is 0. The molecule has 7 heteroatoms. The highest BCUT2D eigenvalue weighted by Gasteiger charge is 2.10. The van der Waals surface area contributed by atoms with Crippen molar-refractivity contribution >= 4 is 22.3 Å². The summed E-state index contributed by atoms with van der Waals surface area (Å²) >= 11 is 0.991. The molecule has 0 aromatic carbocycles. The molecule has 2 rings (SSSR count). The molecule has 0 aliphatic rings. The van der Waals surface area contributed by atoms with Crippen molar-refractivity contribution in [2.75, 3.05) is 0 Å². The van der Waals surface area contributed by atoms with Gasteiger partial charge in [0.2, 0.25) is 9.97 Å². The summed E-state index contributed by atoms with van der Waals surface area (Å²) in [6, 6.07) is 0. The number of rotatable bonds is 1. The number of aromatic carboxylic acids is 1. The number of fused-ring (bicyclic) bond motifs is 1. The van der Waals surface area contributed by atoms with Gasteiger partial charge in [0.1, 0.15) is 6.33 Å². The van der Waals surface area contributed by atoms with Crippen LogP contribution in [0.5, 0.6) is 0 Å². The normalized spacial score (nSPS) is 10.5. The third kappa shape index (κ3) is 0.855. The molecule has 56 valence electrons. The van der Waals surface area contributed by atoms with E-state index in [2.05, 4.69) is 15.3 Å². The maximum atomic E-state index is 10.4. The third-order valence-corrected chi connectivity index (χ3v) is 1.97. The van der Waals surface area contributed by atoms with Crippen LogP contribution in [0.2, 0.25) is 0 Å². The Bertz CT molecular complexity index is 376. The SMILES string of the molecule is O=C(O)c1nn2cnnc2s1. The molecule has 2 heterocycles. The van der Waals surface area contributed by atoms with Crippen molar-refractivity contribution in [2.45, 2.75) is 0 Å². The van der Waals surface area contributed by atoms with Gasteiger partial charge in [0.15, 0.2) is 0 Å². The van der Waals surface area contributed by atoms with Crippen LogP contribution in [0, 0.1) is 0 Å². The summed E-state index contributed by atoms with van der Waals surface area (Å²) in [5.41, 5.74) is 0. The molecule has 0 saturated heterocycles. The summed E-state index contributed by atoms with van der Waals surface area (Å²) in [4.78, 5) is 10.8. The number of carboxylic acids is 1. The molecule has 0 bridgehead atoms. The minimum Gasteiger partial charge on any atom is -0.476 e. The van der Waals surface area contributed by atoms with Gasteiger partial charge in [-0.3, -0.25) is 0 Å². The molecule has 0 unspecified atom stereocenters. The van der Waals surface area contributed by atoms with Gasteiger partial charge in [0.25, 0.3) is 0 Å². The molecule has 0 fully saturated rings. The van der Waals surface area contributed by atoms with E-state index >= 15 is 0 Å².